The molecule has 1 aromatic heterocycles. The summed E-state index contributed by atoms with van der Waals surface area (Å²) in [5, 5.41) is 3.24. The topological polar surface area (TPSA) is 76.1 Å². The van der Waals surface area contributed by atoms with Gasteiger partial charge in [0.05, 0.1) is 15.1 Å². The Hall–Kier alpha value is -2.25. The van der Waals surface area contributed by atoms with E-state index < -0.39 is 20.5 Å². The summed E-state index contributed by atoms with van der Waals surface area (Å²) in [5.74, 6) is -0.473. The van der Waals surface area contributed by atoms with Crippen LogP contribution >= 0.6 is 11.3 Å². The molecule has 0 spiro atoms. The summed E-state index contributed by atoms with van der Waals surface area (Å²) in [6, 6.07) is 14.1. The van der Waals surface area contributed by atoms with Crippen LogP contribution in [-0.2, 0) is 14.6 Å². The highest BCUT2D eigenvalue weighted by Crippen LogP contribution is 2.41. The van der Waals surface area contributed by atoms with Crippen LogP contribution in [0.5, 0.6) is 0 Å². The number of aryl methyl sites for hydroxylation is 1. The molecule has 0 radical (unpaired) electrons. The second-order valence-corrected chi connectivity index (χ2v) is 10.3. The minimum Gasteiger partial charge on any atom is -0.301 e. The number of anilines is 1. The van der Waals surface area contributed by atoms with Crippen LogP contribution in [0.1, 0.15) is 31.2 Å². The van der Waals surface area contributed by atoms with Crippen molar-refractivity contribution >= 4 is 42.4 Å². The van der Waals surface area contributed by atoms with E-state index in [4.69, 9.17) is 0 Å². The first-order valence-corrected chi connectivity index (χ1v) is 11.2. The molecule has 140 valence electrons. The van der Waals surface area contributed by atoms with Crippen LogP contribution in [-0.4, -0.2) is 24.1 Å². The van der Waals surface area contributed by atoms with E-state index >= 15 is 0 Å². The van der Waals surface area contributed by atoms with Crippen LogP contribution in [0.2, 0.25) is 0 Å². The fraction of sp³-hybridized carbons (Fsp3) is 0.300. The van der Waals surface area contributed by atoms with E-state index in [1.807, 2.05) is 25.1 Å². The number of hydrogen-bond acceptors (Lipinski definition) is 5. The number of sulfone groups is 1. The van der Waals surface area contributed by atoms with Crippen molar-refractivity contribution in [3.63, 3.8) is 0 Å². The maximum absolute atomic E-state index is 13.3. The van der Waals surface area contributed by atoms with Crippen LogP contribution in [0.15, 0.2) is 53.4 Å². The van der Waals surface area contributed by atoms with Crippen molar-refractivity contribution in [1.82, 2.24) is 4.98 Å². The number of nitrogens with one attached hydrogen (secondary N) is 1. The predicted molar refractivity (Wildman–Crippen MR) is 108 cm³/mol. The molecule has 2 aromatic carbocycles. The number of benzene rings is 2. The van der Waals surface area contributed by atoms with Crippen molar-refractivity contribution in [3.8, 4) is 0 Å². The Bertz CT molecular complexity index is 1100. The minimum absolute atomic E-state index is 0.196. The first-order valence-electron chi connectivity index (χ1n) is 8.91. The van der Waals surface area contributed by atoms with Gasteiger partial charge in [0.2, 0.25) is 5.91 Å². The van der Waals surface area contributed by atoms with E-state index in [1.54, 1.807) is 30.3 Å². The van der Waals surface area contributed by atoms with Gasteiger partial charge < -0.3 is 5.32 Å². The molecule has 4 rings (SSSR count). The van der Waals surface area contributed by atoms with Gasteiger partial charge in [0.1, 0.15) is 0 Å². The van der Waals surface area contributed by atoms with E-state index in [0.29, 0.717) is 18.0 Å². The van der Waals surface area contributed by atoms with Crippen LogP contribution < -0.4 is 5.32 Å². The third kappa shape index (κ3) is 3.04. The summed E-state index contributed by atoms with van der Waals surface area (Å²) in [5.41, 5.74) is 1.91. The summed E-state index contributed by atoms with van der Waals surface area (Å²) >= 11 is 1.37. The van der Waals surface area contributed by atoms with Gasteiger partial charge in [-0.2, -0.15) is 0 Å². The number of nitrogens with zero attached hydrogens (tertiary/aromatic N) is 1. The van der Waals surface area contributed by atoms with Gasteiger partial charge in [-0.25, -0.2) is 13.4 Å². The quantitative estimate of drug-likeness (QED) is 0.707. The van der Waals surface area contributed by atoms with E-state index in [0.717, 1.165) is 28.6 Å². The molecule has 27 heavy (non-hydrogen) atoms. The average molecular weight is 401 g/mol. The summed E-state index contributed by atoms with van der Waals surface area (Å²) in [7, 11) is -3.79. The molecule has 5 nitrogen and oxygen atoms in total. The minimum atomic E-state index is -3.79. The third-order valence-electron chi connectivity index (χ3n) is 5.16. The summed E-state index contributed by atoms with van der Waals surface area (Å²) in [6.07, 6.45) is 2.11. The van der Waals surface area contributed by atoms with Gasteiger partial charge >= 0.3 is 0 Å². The zero-order chi connectivity index (χ0) is 19.1. The molecule has 0 bridgehead atoms. The zero-order valence-corrected chi connectivity index (χ0v) is 16.6. The summed E-state index contributed by atoms with van der Waals surface area (Å²) in [6.45, 7) is 2.00. The molecule has 1 fully saturated rings. The lowest BCUT2D eigenvalue weighted by atomic mass is 10.1. The SMILES string of the molecule is Cc1ccc2nc(NC(=O)C3(S(=O)(=O)c4ccccc4)CCCC3)sc2c1. The largest absolute Gasteiger partial charge is 0.301 e. The normalized spacial score (nSPS) is 16.5. The van der Waals surface area contributed by atoms with Gasteiger partial charge in [-0.05, 0) is 49.6 Å². The standard InChI is InChI=1S/C20H20N2O3S2/c1-14-9-10-16-17(13-14)26-19(21-16)22-18(23)20(11-5-6-12-20)27(24,25)15-7-3-2-4-8-15/h2-4,7-10,13H,5-6,11-12H2,1H3,(H,21,22,23). The average Bonchev–Trinajstić information content (AvgIpc) is 3.29. The van der Waals surface area contributed by atoms with E-state index in [2.05, 4.69) is 10.3 Å². The van der Waals surface area contributed by atoms with Gasteiger partial charge in [0.15, 0.2) is 19.7 Å². The maximum atomic E-state index is 13.3. The Balaban J connectivity index is 1.70. The molecule has 1 aliphatic rings. The molecule has 1 amide bonds. The molecule has 7 heteroatoms. The molecule has 0 unspecified atom stereocenters. The van der Waals surface area contributed by atoms with Crippen molar-refractivity contribution in [2.24, 2.45) is 0 Å². The zero-order valence-electron chi connectivity index (χ0n) is 14.9. The highest BCUT2D eigenvalue weighted by Gasteiger charge is 2.53. The van der Waals surface area contributed by atoms with E-state index in [-0.39, 0.29) is 4.90 Å². The van der Waals surface area contributed by atoms with Gasteiger partial charge in [-0.1, -0.05) is 48.4 Å². The number of rotatable bonds is 4. The van der Waals surface area contributed by atoms with Gasteiger partial charge in [0.25, 0.3) is 0 Å². The fourth-order valence-corrected chi connectivity index (χ4v) is 6.73. The highest BCUT2D eigenvalue weighted by atomic mass is 32.2. The lowest BCUT2D eigenvalue weighted by Crippen LogP contribution is -2.47. The lowest BCUT2D eigenvalue weighted by molar-refractivity contribution is -0.118. The number of carbonyl (C=O) groups is 1. The Morgan fingerprint density at radius 2 is 1.81 bits per heavy atom. The second-order valence-electron chi connectivity index (χ2n) is 6.96. The number of hydrogen-bond donors (Lipinski definition) is 1. The van der Waals surface area contributed by atoms with Crippen LogP contribution in [0.4, 0.5) is 5.13 Å². The summed E-state index contributed by atoms with van der Waals surface area (Å²) < 4.78 is 26.2. The molecular weight excluding hydrogens is 380 g/mol. The van der Waals surface area contributed by atoms with Gasteiger partial charge in [-0.15, -0.1) is 0 Å². The molecule has 1 aliphatic carbocycles. The van der Waals surface area contributed by atoms with Crippen LogP contribution in [0, 0.1) is 6.92 Å². The molecule has 0 aliphatic heterocycles. The second kappa shape index (κ2) is 6.73. The Kier molecular flexibility index (Phi) is 4.52. The molecule has 1 saturated carbocycles. The maximum Gasteiger partial charge on any atom is 0.248 e. The smallest absolute Gasteiger partial charge is 0.248 e. The van der Waals surface area contributed by atoms with Crippen LogP contribution in [0.25, 0.3) is 10.2 Å². The highest BCUT2D eigenvalue weighted by molar-refractivity contribution is 7.93. The van der Waals surface area contributed by atoms with Gasteiger partial charge in [0, 0.05) is 0 Å². The predicted octanol–water partition coefficient (Wildman–Crippen LogP) is 4.33. The first kappa shape index (κ1) is 18.1. The van der Waals surface area contributed by atoms with Gasteiger partial charge in [-0.3, -0.25) is 4.79 Å². The number of fused-ring (bicyclic) bond motifs is 1. The van der Waals surface area contributed by atoms with E-state index in [1.165, 1.54) is 11.3 Å². The Labute approximate surface area is 162 Å². The Morgan fingerprint density at radius 1 is 1.11 bits per heavy atom. The number of aromatic nitrogens is 1. The molecule has 1 N–H and O–H groups in total. The number of amides is 1. The number of thiazole rings is 1. The molecule has 3 aromatic rings. The van der Waals surface area contributed by atoms with Crippen molar-refractivity contribution in [1.29, 1.82) is 0 Å². The summed E-state index contributed by atoms with van der Waals surface area (Å²) in [4.78, 5) is 17.8. The number of carbonyl (C=O) groups excluding carboxylic acids is 1. The van der Waals surface area contributed by atoms with Crippen molar-refractivity contribution < 1.29 is 13.2 Å². The molecule has 0 saturated heterocycles. The molecule has 0 atom stereocenters. The van der Waals surface area contributed by atoms with Crippen LogP contribution in [0.3, 0.4) is 0 Å². The fourth-order valence-electron chi connectivity index (χ4n) is 3.69. The van der Waals surface area contributed by atoms with Crippen molar-refractivity contribution in [2.75, 3.05) is 5.32 Å². The van der Waals surface area contributed by atoms with Crippen molar-refractivity contribution in [2.45, 2.75) is 42.2 Å². The first-order chi connectivity index (χ1) is 12.9. The Morgan fingerprint density at radius 3 is 2.52 bits per heavy atom. The lowest BCUT2D eigenvalue weighted by Gasteiger charge is -2.27. The van der Waals surface area contributed by atoms with E-state index in [9.17, 15) is 13.2 Å². The molecular formula is C20H20N2O3S2. The monoisotopic (exact) mass is 400 g/mol. The van der Waals surface area contributed by atoms with Crippen molar-refractivity contribution in [3.05, 3.63) is 54.1 Å². The third-order valence-corrected chi connectivity index (χ3v) is 8.61. The molecule has 1 heterocycles.